The smallest absolute Gasteiger partial charge is 0.100 e. The molecule has 0 aromatic heterocycles. The van der Waals surface area contributed by atoms with Crippen LogP contribution in [0.25, 0.3) is 0 Å². The van der Waals surface area contributed by atoms with Crippen LogP contribution in [-0.2, 0) is 4.74 Å². The molecule has 0 fully saturated rings. The highest BCUT2D eigenvalue weighted by molar-refractivity contribution is 4.59. The summed E-state index contributed by atoms with van der Waals surface area (Å²) in [4.78, 5) is 0. The molecule has 4 heteroatoms. The molecular weight excluding hydrogens is 292 g/mol. The molecule has 23 heavy (non-hydrogen) atoms. The first-order chi connectivity index (χ1) is 11.1. The fourth-order valence-electron chi connectivity index (χ4n) is 2.26. The molecule has 3 N–H and O–H groups in total. The average Bonchev–Trinajstić information content (AvgIpc) is 2.60. The molecule has 0 spiro atoms. The first kappa shape index (κ1) is 25.1. The highest BCUT2D eigenvalue weighted by Crippen LogP contribution is 2.16. The number of aliphatic hydroxyl groups excluding tert-OH is 3. The van der Waals surface area contributed by atoms with E-state index in [2.05, 4.69) is 27.7 Å². The molecular formula is C19H42O4. The number of hydrogen-bond donors (Lipinski definition) is 3. The van der Waals surface area contributed by atoms with E-state index in [1.165, 1.54) is 51.4 Å². The molecule has 0 saturated carbocycles. The van der Waals surface area contributed by atoms with Crippen LogP contribution in [0.4, 0.5) is 0 Å². The van der Waals surface area contributed by atoms with Crippen molar-refractivity contribution in [3.63, 3.8) is 0 Å². The average molecular weight is 335 g/mol. The lowest BCUT2D eigenvalue weighted by molar-refractivity contribution is 0.0450. The predicted molar refractivity (Wildman–Crippen MR) is 97.6 cm³/mol. The van der Waals surface area contributed by atoms with Gasteiger partial charge in [-0.15, -0.1) is 0 Å². The minimum atomic E-state index is -0.954. The van der Waals surface area contributed by atoms with Crippen LogP contribution < -0.4 is 0 Å². The molecule has 0 heterocycles. The minimum absolute atomic E-state index is 0.365. The Morgan fingerprint density at radius 2 is 1.13 bits per heavy atom. The van der Waals surface area contributed by atoms with E-state index < -0.39 is 6.10 Å². The van der Waals surface area contributed by atoms with Crippen LogP contribution in [0, 0.1) is 11.8 Å². The maximum atomic E-state index is 8.17. The van der Waals surface area contributed by atoms with E-state index in [9.17, 15) is 0 Å². The lowest BCUT2D eigenvalue weighted by Crippen LogP contribution is -2.15. The van der Waals surface area contributed by atoms with E-state index in [-0.39, 0.29) is 13.2 Å². The van der Waals surface area contributed by atoms with Gasteiger partial charge in [-0.3, -0.25) is 0 Å². The Bertz CT molecular complexity index is 192. The first-order valence-corrected chi connectivity index (χ1v) is 9.56. The van der Waals surface area contributed by atoms with Gasteiger partial charge >= 0.3 is 0 Å². The maximum absolute atomic E-state index is 8.17. The van der Waals surface area contributed by atoms with Gasteiger partial charge in [0.2, 0.25) is 0 Å². The monoisotopic (exact) mass is 334 g/mol. The molecule has 2 atom stereocenters. The Balaban J connectivity index is 0. The normalized spacial score (nSPS) is 13.6. The second-order valence-electron chi connectivity index (χ2n) is 6.39. The Morgan fingerprint density at radius 3 is 1.35 bits per heavy atom. The van der Waals surface area contributed by atoms with E-state index in [1.807, 2.05) is 0 Å². The van der Waals surface area contributed by atoms with Crippen LogP contribution >= 0.6 is 0 Å². The third-order valence-electron chi connectivity index (χ3n) is 4.22. The Morgan fingerprint density at radius 1 is 0.739 bits per heavy atom. The quantitative estimate of drug-likeness (QED) is 0.452. The zero-order valence-electron chi connectivity index (χ0n) is 16.0. The van der Waals surface area contributed by atoms with Crippen molar-refractivity contribution in [3.8, 4) is 0 Å². The van der Waals surface area contributed by atoms with Crippen LogP contribution in [0.5, 0.6) is 0 Å². The molecule has 142 valence electrons. The van der Waals surface area contributed by atoms with Gasteiger partial charge in [0.15, 0.2) is 0 Å². The molecule has 0 aliphatic heterocycles. The van der Waals surface area contributed by atoms with Crippen LogP contribution in [0.15, 0.2) is 0 Å². The fourth-order valence-corrected chi connectivity index (χ4v) is 2.26. The second-order valence-corrected chi connectivity index (χ2v) is 6.39. The van der Waals surface area contributed by atoms with Crippen molar-refractivity contribution in [2.75, 3.05) is 26.4 Å². The zero-order chi connectivity index (χ0) is 17.9. The molecule has 0 amide bonds. The van der Waals surface area contributed by atoms with Gasteiger partial charge in [0.25, 0.3) is 0 Å². The van der Waals surface area contributed by atoms with Gasteiger partial charge in [0.1, 0.15) is 6.10 Å². The van der Waals surface area contributed by atoms with Gasteiger partial charge < -0.3 is 20.1 Å². The molecule has 4 nitrogen and oxygen atoms in total. The number of rotatable bonds is 14. The third-order valence-corrected chi connectivity index (χ3v) is 4.22. The van der Waals surface area contributed by atoms with Crippen LogP contribution in [0.2, 0.25) is 0 Å². The molecule has 0 aromatic carbocycles. The van der Waals surface area contributed by atoms with Crippen molar-refractivity contribution in [2.24, 2.45) is 11.8 Å². The molecule has 0 rings (SSSR count). The summed E-state index contributed by atoms with van der Waals surface area (Å²) in [6.45, 7) is 10.4. The summed E-state index contributed by atoms with van der Waals surface area (Å²) in [5.41, 5.74) is 0. The van der Waals surface area contributed by atoms with Crippen LogP contribution in [0.3, 0.4) is 0 Å². The molecule has 0 saturated heterocycles. The minimum Gasteiger partial charge on any atom is -0.394 e. The predicted octanol–water partition coefficient (Wildman–Crippen LogP) is 3.77. The number of hydrogen-bond acceptors (Lipinski definition) is 4. The Labute approximate surface area is 144 Å². The maximum Gasteiger partial charge on any atom is 0.100 e. The first-order valence-electron chi connectivity index (χ1n) is 9.56. The van der Waals surface area contributed by atoms with Gasteiger partial charge in [-0.25, -0.2) is 0 Å². The SMILES string of the molecule is CCCCC(CC)COCC(CC)CCCC.OCC(O)CO. The van der Waals surface area contributed by atoms with E-state index >= 15 is 0 Å². The van der Waals surface area contributed by atoms with Crippen molar-refractivity contribution in [3.05, 3.63) is 0 Å². The van der Waals surface area contributed by atoms with Gasteiger partial charge in [0, 0.05) is 13.2 Å². The highest BCUT2D eigenvalue weighted by Gasteiger charge is 2.09. The molecule has 0 aliphatic rings. The van der Waals surface area contributed by atoms with Crippen molar-refractivity contribution >= 4 is 0 Å². The summed E-state index contributed by atoms with van der Waals surface area (Å²) in [7, 11) is 0. The molecule has 0 aliphatic carbocycles. The third kappa shape index (κ3) is 18.0. The highest BCUT2D eigenvalue weighted by atomic mass is 16.5. The summed E-state index contributed by atoms with van der Waals surface area (Å²) < 4.78 is 5.93. The van der Waals surface area contributed by atoms with E-state index in [0.717, 1.165) is 25.0 Å². The van der Waals surface area contributed by atoms with Crippen molar-refractivity contribution in [1.29, 1.82) is 0 Å². The number of aliphatic hydroxyl groups is 3. The summed E-state index contributed by atoms with van der Waals surface area (Å²) in [6, 6.07) is 0. The Hall–Kier alpha value is -0.160. The summed E-state index contributed by atoms with van der Waals surface area (Å²) >= 11 is 0. The van der Waals surface area contributed by atoms with Gasteiger partial charge in [-0.2, -0.15) is 0 Å². The number of ether oxygens (including phenoxy) is 1. The lowest BCUT2D eigenvalue weighted by Gasteiger charge is -2.18. The summed E-state index contributed by atoms with van der Waals surface area (Å²) in [5.74, 6) is 1.58. The van der Waals surface area contributed by atoms with E-state index in [0.29, 0.717) is 0 Å². The molecule has 0 radical (unpaired) electrons. The van der Waals surface area contributed by atoms with E-state index in [4.69, 9.17) is 20.1 Å². The lowest BCUT2D eigenvalue weighted by atomic mass is 9.99. The second kappa shape index (κ2) is 19.9. The number of unbranched alkanes of at least 4 members (excludes halogenated alkanes) is 2. The molecule has 2 unspecified atom stereocenters. The summed E-state index contributed by atoms with van der Waals surface area (Å²) in [6.07, 6.45) is 9.61. The Kier molecular flexibility index (Phi) is 21.7. The van der Waals surface area contributed by atoms with Crippen molar-refractivity contribution in [1.82, 2.24) is 0 Å². The van der Waals surface area contributed by atoms with Crippen LogP contribution in [0.1, 0.15) is 79.1 Å². The standard InChI is InChI=1S/C16H34O.C3H8O3/c1-5-9-11-15(7-3)13-17-14-16(8-4)12-10-6-2;4-1-3(6)2-5/h15-16H,5-14H2,1-4H3;3-6H,1-2H2. The fraction of sp³-hybridized carbons (Fsp3) is 1.00. The molecule has 0 bridgehead atoms. The van der Waals surface area contributed by atoms with Crippen molar-refractivity contribution in [2.45, 2.75) is 85.2 Å². The summed E-state index contributed by atoms with van der Waals surface area (Å²) in [5, 5.41) is 24.0. The van der Waals surface area contributed by atoms with Gasteiger partial charge in [-0.1, -0.05) is 66.2 Å². The van der Waals surface area contributed by atoms with Crippen molar-refractivity contribution < 1.29 is 20.1 Å². The topological polar surface area (TPSA) is 69.9 Å². The zero-order valence-corrected chi connectivity index (χ0v) is 16.0. The largest absolute Gasteiger partial charge is 0.394 e. The van der Waals surface area contributed by atoms with E-state index in [1.54, 1.807) is 0 Å². The van der Waals surface area contributed by atoms with Crippen LogP contribution in [-0.4, -0.2) is 47.9 Å². The van der Waals surface area contributed by atoms with Gasteiger partial charge in [-0.05, 0) is 24.7 Å². The van der Waals surface area contributed by atoms with Gasteiger partial charge in [0.05, 0.1) is 13.2 Å². The molecule has 0 aromatic rings.